The van der Waals surface area contributed by atoms with Gasteiger partial charge in [0.2, 0.25) is 5.89 Å². The molecular formula is C17H21N3O3. The number of para-hydroxylation sites is 2. The quantitative estimate of drug-likeness (QED) is 0.850. The summed E-state index contributed by atoms with van der Waals surface area (Å²) in [6, 6.07) is 7.94. The van der Waals surface area contributed by atoms with Crippen LogP contribution in [0.2, 0.25) is 0 Å². The average Bonchev–Trinajstić information content (AvgIpc) is 3.13. The minimum Gasteiger partial charge on any atom is -0.439 e. The second-order valence-corrected chi connectivity index (χ2v) is 6.42. The Bertz CT molecular complexity index is 701. The first-order valence-electron chi connectivity index (χ1n) is 8.09. The van der Waals surface area contributed by atoms with Crippen molar-refractivity contribution in [3.63, 3.8) is 0 Å². The van der Waals surface area contributed by atoms with E-state index in [1.54, 1.807) is 4.90 Å². The molecule has 0 aliphatic carbocycles. The minimum atomic E-state index is -0.408. The molecule has 6 nitrogen and oxygen atoms in total. The van der Waals surface area contributed by atoms with Crippen LogP contribution in [0.25, 0.3) is 11.1 Å². The van der Waals surface area contributed by atoms with Gasteiger partial charge in [-0.25, -0.2) is 4.98 Å². The summed E-state index contributed by atoms with van der Waals surface area (Å²) in [4.78, 5) is 20.5. The van der Waals surface area contributed by atoms with Crippen LogP contribution < -0.4 is 0 Å². The largest absolute Gasteiger partial charge is 0.439 e. The third-order valence-electron chi connectivity index (χ3n) is 5.24. The maximum Gasteiger partial charge on any atom is 0.250 e. The molecule has 2 aromatic rings. The smallest absolute Gasteiger partial charge is 0.250 e. The number of hydrogen-bond acceptors (Lipinski definition) is 5. The lowest BCUT2D eigenvalue weighted by Gasteiger charge is -2.43. The Kier molecular flexibility index (Phi) is 3.39. The molecule has 3 heterocycles. The number of aromatic nitrogens is 1. The first-order chi connectivity index (χ1) is 11.1. The molecule has 0 N–H and O–H groups in total. The molecule has 2 aliphatic heterocycles. The van der Waals surface area contributed by atoms with Crippen molar-refractivity contribution in [2.24, 2.45) is 0 Å². The predicted octanol–water partition coefficient (Wildman–Crippen LogP) is 2.17. The number of fused-ring (bicyclic) bond motifs is 1. The summed E-state index contributed by atoms with van der Waals surface area (Å²) in [5, 5.41) is 0. The summed E-state index contributed by atoms with van der Waals surface area (Å²) in [5.41, 5.74) is 1.31. The third kappa shape index (κ3) is 2.33. The van der Waals surface area contributed by atoms with Crippen LogP contribution in [0, 0.1) is 0 Å². The van der Waals surface area contributed by atoms with E-state index >= 15 is 0 Å². The van der Waals surface area contributed by atoms with E-state index in [-0.39, 0.29) is 18.6 Å². The molecule has 0 bridgehead atoms. The molecule has 2 saturated heterocycles. The number of likely N-dealkylation sites (N-methyl/N-ethyl adjacent to an activating group) is 1. The summed E-state index contributed by atoms with van der Waals surface area (Å²) in [6.45, 7) is 4.04. The summed E-state index contributed by atoms with van der Waals surface area (Å²) in [5.74, 6) is 0.823. The lowest BCUT2D eigenvalue weighted by Crippen LogP contribution is -2.52. The van der Waals surface area contributed by atoms with E-state index < -0.39 is 5.72 Å². The van der Waals surface area contributed by atoms with Crippen LogP contribution in [0.5, 0.6) is 0 Å². The SMILES string of the molecule is C[C@@H](c1nc2ccccc2o1)N1CCC2(CC1)OCC(=O)N2C. The standard InChI is InChI=1S/C17H21N3O3/c1-12(16-18-13-5-3-4-6-14(13)23-16)20-9-7-17(8-10-20)19(2)15(21)11-22-17/h3-6,12H,7-11H2,1-2H3/t12-/m0/s1. The van der Waals surface area contributed by atoms with E-state index in [4.69, 9.17) is 9.15 Å². The van der Waals surface area contributed by atoms with Crippen molar-refractivity contribution in [2.75, 3.05) is 26.7 Å². The molecule has 1 atom stereocenters. The highest BCUT2D eigenvalue weighted by Crippen LogP contribution is 2.36. The Labute approximate surface area is 135 Å². The molecule has 1 aromatic carbocycles. The fourth-order valence-corrected chi connectivity index (χ4v) is 3.58. The topological polar surface area (TPSA) is 58.8 Å². The van der Waals surface area contributed by atoms with Crippen LogP contribution in [-0.4, -0.2) is 53.2 Å². The van der Waals surface area contributed by atoms with Gasteiger partial charge in [-0.3, -0.25) is 9.69 Å². The van der Waals surface area contributed by atoms with E-state index in [1.165, 1.54) is 0 Å². The van der Waals surface area contributed by atoms with Crippen LogP contribution in [-0.2, 0) is 9.53 Å². The Morgan fingerprint density at radius 1 is 1.26 bits per heavy atom. The number of carbonyl (C=O) groups excluding carboxylic acids is 1. The first-order valence-corrected chi connectivity index (χ1v) is 8.09. The highest BCUT2D eigenvalue weighted by molar-refractivity contribution is 5.79. The van der Waals surface area contributed by atoms with Crippen LogP contribution >= 0.6 is 0 Å². The van der Waals surface area contributed by atoms with Crippen molar-refractivity contribution in [3.8, 4) is 0 Å². The number of ether oxygens (including phenoxy) is 1. The number of nitrogens with zero attached hydrogens (tertiary/aromatic N) is 3. The van der Waals surface area contributed by atoms with E-state index in [2.05, 4.69) is 16.8 Å². The molecule has 1 amide bonds. The molecule has 0 saturated carbocycles. The van der Waals surface area contributed by atoms with Gasteiger partial charge >= 0.3 is 0 Å². The number of rotatable bonds is 2. The van der Waals surface area contributed by atoms with Crippen LogP contribution in [0.4, 0.5) is 0 Å². The number of carbonyl (C=O) groups is 1. The summed E-state index contributed by atoms with van der Waals surface area (Å²) < 4.78 is 11.7. The first kappa shape index (κ1) is 14.7. The second kappa shape index (κ2) is 5.32. The van der Waals surface area contributed by atoms with E-state index in [1.807, 2.05) is 31.3 Å². The zero-order valence-electron chi connectivity index (χ0n) is 13.5. The Morgan fingerprint density at radius 2 is 2.00 bits per heavy atom. The van der Waals surface area contributed by atoms with Gasteiger partial charge in [0.25, 0.3) is 5.91 Å². The number of benzene rings is 1. The highest BCUT2D eigenvalue weighted by Gasteiger charge is 2.47. The Balaban J connectivity index is 1.48. The van der Waals surface area contributed by atoms with Crippen molar-refractivity contribution in [1.29, 1.82) is 0 Å². The molecule has 6 heteroatoms. The van der Waals surface area contributed by atoms with Gasteiger partial charge in [0.05, 0.1) is 6.04 Å². The number of oxazole rings is 1. The van der Waals surface area contributed by atoms with Gasteiger partial charge in [0.15, 0.2) is 5.58 Å². The van der Waals surface area contributed by atoms with Crippen molar-refractivity contribution in [3.05, 3.63) is 30.2 Å². The van der Waals surface area contributed by atoms with Gasteiger partial charge in [-0.05, 0) is 19.1 Å². The molecule has 4 rings (SSSR count). The lowest BCUT2D eigenvalue weighted by atomic mass is 9.98. The fourth-order valence-electron chi connectivity index (χ4n) is 3.58. The molecule has 122 valence electrons. The van der Waals surface area contributed by atoms with Gasteiger partial charge in [0, 0.05) is 33.0 Å². The van der Waals surface area contributed by atoms with Crippen LogP contribution in [0.3, 0.4) is 0 Å². The van der Waals surface area contributed by atoms with Crippen molar-refractivity contribution < 1.29 is 13.9 Å². The molecule has 1 spiro atoms. The molecule has 0 radical (unpaired) electrons. The van der Waals surface area contributed by atoms with Gasteiger partial charge in [-0.15, -0.1) is 0 Å². The van der Waals surface area contributed by atoms with Crippen molar-refractivity contribution >= 4 is 17.0 Å². The summed E-state index contributed by atoms with van der Waals surface area (Å²) >= 11 is 0. The average molecular weight is 315 g/mol. The van der Waals surface area contributed by atoms with Gasteiger partial charge in [0.1, 0.15) is 17.8 Å². The number of amides is 1. The second-order valence-electron chi connectivity index (χ2n) is 6.42. The normalized spacial score (nSPS) is 23.0. The fraction of sp³-hybridized carbons (Fsp3) is 0.529. The maximum absolute atomic E-state index is 11.7. The molecule has 0 unspecified atom stereocenters. The van der Waals surface area contributed by atoms with Crippen molar-refractivity contribution in [1.82, 2.24) is 14.8 Å². The third-order valence-corrected chi connectivity index (χ3v) is 5.24. The minimum absolute atomic E-state index is 0.0745. The molecule has 1 aromatic heterocycles. The zero-order valence-corrected chi connectivity index (χ0v) is 13.5. The monoisotopic (exact) mass is 315 g/mol. The summed E-state index contributed by atoms with van der Waals surface area (Å²) in [7, 11) is 1.84. The predicted molar refractivity (Wildman–Crippen MR) is 84.7 cm³/mol. The number of piperidine rings is 1. The van der Waals surface area contributed by atoms with Gasteiger partial charge in [-0.1, -0.05) is 12.1 Å². The summed E-state index contributed by atoms with van der Waals surface area (Å²) in [6.07, 6.45) is 1.64. The number of hydrogen-bond donors (Lipinski definition) is 0. The van der Waals surface area contributed by atoms with Crippen LogP contribution in [0.15, 0.2) is 28.7 Å². The van der Waals surface area contributed by atoms with Gasteiger partial charge in [-0.2, -0.15) is 0 Å². The maximum atomic E-state index is 11.7. The Morgan fingerprint density at radius 3 is 2.65 bits per heavy atom. The van der Waals surface area contributed by atoms with E-state index in [0.29, 0.717) is 0 Å². The molecule has 23 heavy (non-hydrogen) atoms. The Hall–Kier alpha value is -1.92. The van der Waals surface area contributed by atoms with Crippen LogP contribution in [0.1, 0.15) is 31.7 Å². The highest BCUT2D eigenvalue weighted by atomic mass is 16.5. The molecule has 2 aliphatic rings. The van der Waals surface area contributed by atoms with E-state index in [9.17, 15) is 4.79 Å². The van der Waals surface area contributed by atoms with Gasteiger partial charge < -0.3 is 14.1 Å². The molecule has 2 fully saturated rings. The number of likely N-dealkylation sites (tertiary alicyclic amines) is 1. The lowest BCUT2D eigenvalue weighted by molar-refractivity contribution is -0.137. The zero-order chi connectivity index (χ0) is 16.0. The molecular weight excluding hydrogens is 294 g/mol. The van der Waals surface area contributed by atoms with E-state index in [0.717, 1.165) is 42.9 Å². The van der Waals surface area contributed by atoms with Crippen molar-refractivity contribution in [2.45, 2.75) is 31.5 Å².